The number of phenols is 1. The van der Waals surface area contributed by atoms with Crippen LogP contribution in [0.2, 0.25) is 0 Å². The number of ether oxygens (including phenoxy) is 1. The number of phenolic OH excluding ortho intramolecular Hbond substituents is 1. The molecule has 0 radical (unpaired) electrons. The van der Waals surface area contributed by atoms with Gasteiger partial charge in [-0.1, -0.05) is 30.3 Å². The molecule has 5 nitrogen and oxygen atoms in total. The lowest BCUT2D eigenvalue weighted by molar-refractivity contribution is 0.0576. The molecule has 0 aliphatic heterocycles. The van der Waals surface area contributed by atoms with Crippen molar-refractivity contribution in [1.82, 2.24) is 14.7 Å². The molecule has 0 saturated carbocycles. The van der Waals surface area contributed by atoms with Gasteiger partial charge in [0.25, 0.3) is 0 Å². The Labute approximate surface area is 158 Å². The number of nitrogens with zero attached hydrogens (tertiary/aromatic N) is 3. The summed E-state index contributed by atoms with van der Waals surface area (Å²) in [6, 6.07) is 15.6. The number of aromatic hydroxyl groups is 1. The van der Waals surface area contributed by atoms with Crippen LogP contribution in [0, 0.1) is 5.82 Å². The first-order valence-corrected chi connectivity index (χ1v) is 8.85. The van der Waals surface area contributed by atoms with Crippen LogP contribution >= 0.6 is 0 Å². The molecule has 1 aromatic heterocycles. The maximum Gasteiger partial charge on any atom is 0.128 e. The molecule has 0 bridgehead atoms. The van der Waals surface area contributed by atoms with Gasteiger partial charge in [0.05, 0.1) is 12.3 Å². The van der Waals surface area contributed by atoms with Crippen LogP contribution in [0.5, 0.6) is 5.75 Å². The minimum Gasteiger partial charge on any atom is -0.508 e. The lowest BCUT2D eigenvalue weighted by Crippen LogP contribution is -2.24. The zero-order valence-electron chi connectivity index (χ0n) is 15.5. The van der Waals surface area contributed by atoms with Gasteiger partial charge < -0.3 is 9.84 Å². The van der Waals surface area contributed by atoms with Crippen molar-refractivity contribution in [2.75, 3.05) is 20.2 Å². The number of halogens is 1. The molecule has 0 amide bonds. The van der Waals surface area contributed by atoms with E-state index in [1.165, 1.54) is 12.1 Å². The molecule has 0 aliphatic carbocycles. The largest absolute Gasteiger partial charge is 0.508 e. The number of likely N-dealkylation sites (N-methyl/N-ethyl adjacent to an activating group) is 1. The van der Waals surface area contributed by atoms with E-state index in [0.29, 0.717) is 25.3 Å². The van der Waals surface area contributed by atoms with E-state index < -0.39 is 6.10 Å². The molecule has 1 atom stereocenters. The van der Waals surface area contributed by atoms with Gasteiger partial charge in [0.1, 0.15) is 17.7 Å². The van der Waals surface area contributed by atoms with Crippen molar-refractivity contribution in [1.29, 1.82) is 0 Å². The summed E-state index contributed by atoms with van der Waals surface area (Å²) in [5.74, 6) is -0.0372. The second-order valence-electron chi connectivity index (χ2n) is 6.56. The van der Waals surface area contributed by atoms with Gasteiger partial charge in [0.2, 0.25) is 0 Å². The zero-order chi connectivity index (χ0) is 19.2. The smallest absolute Gasteiger partial charge is 0.128 e. The van der Waals surface area contributed by atoms with Crippen LogP contribution in [0.4, 0.5) is 4.39 Å². The number of rotatable bonds is 8. The van der Waals surface area contributed by atoms with Crippen molar-refractivity contribution < 1.29 is 14.2 Å². The van der Waals surface area contributed by atoms with Gasteiger partial charge in [-0.05, 0) is 36.9 Å². The number of hydrogen-bond donors (Lipinski definition) is 1. The van der Waals surface area contributed by atoms with Crippen molar-refractivity contribution in [2.45, 2.75) is 12.6 Å². The van der Waals surface area contributed by atoms with E-state index in [9.17, 15) is 9.50 Å². The molecular formula is C21H24FN3O2. The average Bonchev–Trinajstić information content (AvgIpc) is 3.05. The number of benzene rings is 2. The van der Waals surface area contributed by atoms with Gasteiger partial charge in [-0.15, -0.1) is 0 Å². The Hall–Kier alpha value is -2.70. The number of hydrogen-bond acceptors (Lipinski definition) is 4. The Morgan fingerprint density at radius 1 is 1.19 bits per heavy atom. The third kappa shape index (κ3) is 4.93. The zero-order valence-corrected chi connectivity index (χ0v) is 15.5. The van der Waals surface area contributed by atoms with E-state index in [0.717, 1.165) is 11.3 Å². The van der Waals surface area contributed by atoms with Gasteiger partial charge >= 0.3 is 0 Å². The second kappa shape index (κ2) is 8.79. The average molecular weight is 369 g/mol. The fourth-order valence-electron chi connectivity index (χ4n) is 3.04. The molecule has 2 aromatic carbocycles. The monoisotopic (exact) mass is 369 g/mol. The van der Waals surface area contributed by atoms with Crippen molar-refractivity contribution >= 4 is 0 Å². The van der Waals surface area contributed by atoms with Gasteiger partial charge in [0, 0.05) is 31.9 Å². The summed E-state index contributed by atoms with van der Waals surface area (Å²) in [4.78, 5) is 2.07. The van der Waals surface area contributed by atoms with E-state index in [1.807, 2.05) is 38.4 Å². The molecular weight excluding hydrogens is 345 g/mol. The van der Waals surface area contributed by atoms with Crippen LogP contribution in [-0.2, 0) is 18.3 Å². The highest BCUT2D eigenvalue weighted by molar-refractivity contribution is 5.37. The van der Waals surface area contributed by atoms with E-state index in [-0.39, 0.29) is 11.6 Å². The molecule has 0 spiro atoms. The molecule has 0 saturated heterocycles. The Morgan fingerprint density at radius 3 is 2.70 bits per heavy atom. The Balaban J connectivity index is 1.65. The summed E-state index contributed by atoms with van der Waals surface area (Å²) in [6.45, 7) is 1.75. The fraction of sp³-hybridized carbons (Fsp3) is 0.286. The quantitative estimate of drug-likeness (QED) is 0.660. The highest BCUT2D eigenvalue weighted by Gasteiger charge is 2.21. The first-order valence-electron chi connectivity index (χ1n) is 8.85. The number of aromatic nitrogens is 2. The third-order valence-corrected chi connectivity index (χ3v) is 4.45. The standard InChI is InChI=1S/C21H24FN3O2/c1-24(15-16-6-5-7-17(22)14-16)12-13-27-21(19-10-11-23-25(19)2)18-8-3-4-9-20(18)26/h3-11,14,21,26H,12-13,15H2,1-2H3. The van der Waals surface area contributed by atoms with E-state index >= 15 is 0 Å². The molecule has 27 heavy (non-hydrogen) atoms. The summed E-state index contributed by atoms with van der Waals surface area (Å²) >= 11 is 0. The van der Waals surface area contributed by atoms with Crippen LogP contribution in [0.3, 0.4) is 0 Å². The number of para-hydroxylation sites is 1. The molecule has 6 heteroatoms. The van der Waals surface area contributed by atoms with E-state index in [2.05, 4.69) is 10.00 Å². The molecule has 3 rings (SSSR count). The normalized spacial score (nSPS) is 12.4. The Kier molecular flexibility index (Phi) is 6.21. The SMILES string of the molecule is CN(CCOC(c1ccccc1O)c1ccnn1C)Cc1cccc(F)c1. The lowest BCUT2D eigenvalue weighted by Gasteiger charge is -2.22. The van der Waals surface area contributed by atoms with Crippen LogP contribution in [0.15, 0.2) is 60.8 Å². The topological polar surface area (TPSA) is 50.5 Å². The maximum atomic E-state index is 13.3. The summed E-state index contributed by atoms with van der Waals surface area (Å²) in [5.41, 5.74) is 2.49. The minimum absolute atomic E-state index is 0.191. The van der Waals surface area contributed by atoms with Crippen molar-refractivity contribution in [3.05, 3.63) is 83.4 Å². The summed E-state index contributed by atoms with van der Waals surface area (Å²) in [7, 11) is 3.81. The summed E-state index contributed by atoms with van der Waals surface area (Å²) < 4.78 is 21.2. The van der Waals surface area contributed by atoms with E-state index in [1.54, 1.807) is 29.1 Å². The van der Waals surface area contributed by atoms with Crippen LogP contribution in [0.25, 0.3) is 0 Å². The van der Waals surface area contributed by atoms with Gasteiger partial charge in [0.15, 0.2) is 0 Å². The second-order valence-corrected chi connectivity index (χ2v) is 6.56. The minimum atomic E-state index is -0.415. The summed E-state index contributed by atoms with van der Waals surface area (Å²) in [6.07, 6.45) is 1.29. The fourth-order valence-corrected chi connectivity index (χ4v) is 3.04. The first kappa shape index (κ1) is 19.1. The van der Waals surface area contributed by atoms with Crippen LogP contribution in [-0.4, -0.2) is 40.0 Å². The Bertz CT molecular complexity index is 881. The predicted octanol–water partition coefficient (Wildman–Crippen LogP) is 3.50. The third-order valence-electron chi connectivity index (χ3n) is 4.45. The van der Waals surface area contributed by atoms with E-state index in [4.69, 9.17) is 4.74 Å². The molecule has 1 heterocycles. The van der Waals surface area contributed by atoms with Crippen molar-refractivity contribution in [2.24, 2.45) is 7.05 Å². The molecule has 142 valence electrons. The highest BCUT2D eigenvalue weighted by Crippen LogP contribution is 2.31. The number of aryl methyl sites for hydroxylation is 1. The molecule has 1 N–H and O–H groups in total. The predicted molar refractivity (Wildman–Crippen MR) is 102 cm³/mol. The highest BCUT2D eigenvalue weighted by atomic mass is 19.1. The molecule has 0 fully saturated rings. The van der Waals surface area contributed by atoms with Gasteiger partial charge in [-0.25, -0.2) is 4.39 Å². The van der Waals surface area contributed by atoms with Crippen LogP contribution < -0.4 is 0 Å². The molecule has 3 aromatic rings. The van der Waals surface area contributed by atoms with Crippen LogP contribution in [0.1, 0.15) is 22.9 Å². The summed E-state index contributed by atoms with van der Waals surface area (Å²) in [5, 5.41) is 14.5. The Morgan fingerprint density at radius 2 is 2.00 bits per heavy atom. The van der Waals surface area contributed by atoms with Crippen molar-refractivity contribution in [3.63, 3.8) is 0 Å². The van der Waals surface area contributed by atoms with Crippen molar-refractivity contribution in [3.8, 4) is 5.75 Å². The maximum absolute atomic E-state index is 13.3. The van der Waals surface area contributed by atoms with Gasteiger partial charge in [-0.3, -0.25) is 9.58 Å². The first-order chi connectivity index (χ1) is 13.0. The molecule has 1 unspecified atom stereocenters. The van der Waals surface area contributed by atoms with Gasteiger partial charge in [-0.2, -0.15) is 5.10 Å². The molecule has 0 aliphatic rings. The lowest BCUT2D eigenvalue weighted by atomic mass is 10.1.